The number of alkyl halides is 4. The summed E-state index contributed by atoms with van der Waals surface area (Å²) in [6.07, 6.45) is -4.35. The standard InChI is InChI=1S/C9H8F6O2/c1-6-7(2,17-5(16-6)4(10)11)9(14,15)3-8(6,12)13/h3H2,1-2H3. The van der Waals surface area contributed by atoms with Gasteiger partial charge < -0.3 is 9.47 Å². The third kappa shape index (κ3) is 1.18. The largest absolute Gasteiger partial charge is 0.444 e. The van der Waals surface area contributed by atoms with E-state index in [1.54, 1.807) is 0 Å². The van der Waals surface area contributed by atoms with Crippen molar-refractivity contribution in [3.05, 3.63) is 12.0 Å². The molecule has 1 heterocycles. The summed E-state index contributed by atoms with van der Waals surface area (Å²) in [6.45, 7) is 1.29. The highest BCUT2D eigenvalue weighted by Gasteiger charge is 2.85. The van der Waals surface area contributed by atoms with Crippen LogP contribution in [0.25, 0.3) is 0 Å². The van der Waals surface area contributed by atoms with Crippen molar-refractivity contribution in [1.82, 2.24) is 0 Å². The molecular weight excluding hydrogens is 254 g/mol. The van der Waals surface area contributed by atoms with Crippen LogP contribution in [0, 0.1) is 0 Å². The average Bonchev–Trinajstić information content (AvgIpc) is 2.44. The van der Waals surface area contributed by atoms with Crippen LogP contribution in [0.3, 0.4) is 0 Å². The normalized spacial score (nSPS) is 41.8. The molecule has 2 unspecified atom stereocenters. The fourth-order valence-corrected chi connectivity index (χ4v) is 2.13. The molecule has 0 aromatic heterocycles. The van der Waals surface area contributed by atoms with Gasteiger partial charge in [-0.2, -0.15) is 8.78 Å². The SMILES string of the molecule is CC12OC(=C(F)F)OC1(C)C(F)(F)CC2(F)F. The Balaban J connectivity index is 2.59. The van der Waals surface area contributed by atoms with E-state index in [4.69, 9.17) is 0 Å². The molecule has 17 heavy (non-hydrogen) atoms. The summed E-state index contributed by atoms with van der Waals surface area (Å²) in [7, 11) is 0. The first-order valence-corrected chi connectivity index (χ1v) is 4.66. The molecule has 2 fully saturated rings. The Morgan fingerprint density at radius 3 is 1.59 bits per heavy atom. The van der Waals surface area contributed by atoms with Crippen LogP contribution in [0.1, 0.15) is 20.3 Å². The van der Waals surface area contributed by atoms with E-state index in [1.807, 2.05) is 0 Å². The van der Waals surface area contributed by atoms with E-state index in [2.05, 4.69) is 9.47 Å². The number of hydrogen-bond donors (Lipinski definition) is 0. The molecule has 2 atom stereocenters. The number of hydrogen-bond acceptors (Lipinski definition) is 2. The number of fused-ring (bicyclic) bond motifs is 1. The van der Waals surface area contributed by atoms with Gasteiger partial charge >= 0.3 is 12.0 Å². The molecule has 1 saturated heterocycles. The minimum Gasteiger partial charge on any atom is -0.444 e. The summed E-state index contributed by atoms with van der Waals surface area (Å²) in [4.78, 5) is 0. The highest BCUT2D eigenvalue weighted by Crippen LogP contribution is 2.65. The van der Waals surface area contributed by atoms with Gasteiger partial charge in [0.15, 0.2) is 0 Å². The van der Waals surface area contributed by atoms with Crippen LogP contribution in [0.5, 0.6) is 0 Å². The third-order valence-corrected chi connectivity index (χ3v) is 3.50. The zero-order chi connectivity index (χ0) is 13.3. The second-order valence-electron chi connectivity index (χ2n) is 4.40. The van der Waals surface area contributed by atoms with Crippen LogP contribution >= 0.6 is 0 Å². The fraction of sp³-hybridized carbons (Fsp3) is 0.778. The van der Waals surface area contributed by atoms with Gasteiger partial charge in [0, 0.05) is 0 Å². The molecule has 2 rings (SSSR count). The lowest BCUT2D eigenvalue weighted by atomic mass is 9.86. The van der Waals surface area contributed by atoms with Gasteiger partial charge in [-0.05, 0) is 13.8 Å². The highest BCUT2D eigenvalue weighted by molar-refractivity contribution is 5.25. The number of rotatable bonds is 0. The Labute approximate surface area is 92.2 Å². The van der Waals surface area contributed by atoms with E-state index in [0.717, 1.165) is 0 Å². The van der Waals surface area contributed by atoms with Gasteiger partial charge in [-0.1, -0.05) is 0 Å². The molecule has 1 aliphatic carbocycles. The van der Waals surface area contributed by atoms with Crippen molar-refractivity contribution in [1.29, 1.82) is 0 Å². The van der Waals surface area contributed by atoms with Crippen LogP contribution in [-0.2, 0) is 9.47 Å². The Morgan fingerprint density at radius 1 is 0.941 bits per heavy atom. The Hall–Kier alpha value is -1.08. The predicted molar refractivity (Wildman–Crippen MR) is 42.7 cm³/mol. The zero-order valence-electron chi connectivity index (χ0n) is 8.79. The second-order valence-corrected chi connectivity index (χ2v) is 4.40. The number of halogens is 6. The lowest BCUT2D eigenvalue weighted by molar-refractivity contribution is -0.175. The summed E-state index contributed by atoms with van der Waals surface area (Å²) in [5.41, 5.74) is -5.63. The average molecular weight is 262 g/mol. The van der Waals surface area contributed by atoms with E-state index >= 15 is 0 Å². The topological polar surface area (TPSA) is 18.5 Å². The molecule has 0 amide bonds. The van der Waals surface area contributed by atoms with Crippen LogP contribution in [0.15, 0.2) is 12.0 Å². The molecule has 0 N–H and O–H groups in total. The molecule has 1 saturated carbocycles. The van der Waals surface area contributed by atoms with Crippen molar-refractivity contribution in [3.8, 4) is 0 Å². The third-order valence-electron chi connectivity index (χ3n) is 3.50. The summed E-state index contributed by atoms with van der Waals surface area (Å²) in [5.74, 6) is -9.50. The van der Waals surface area contributed by atoms with E-state index < -0.39 is 41.5 Å². The smallest absolute Gasteiger partial charge is 0.350 e. The summed E-state index contributed by atoms with van der Waals surface area (Å²) in [6, 6.07) is 0. The van der Waals surface area contributed by atoms with E-state index in [0.29, 0.717) is 13.8 Å². The van der Waals surface area contributed by atoms with Gasteiger partial charge in [0.25, 0.3) is 11.8 Å². The maximum Gasteiger partial charge on any atom is 0.350 e. The van der Waals surface area contributed by atoms with Gasteiger partial charge in [0.2, 0.25) is 11.2 Å². The van der Waals surface area contributed by atoms with Crippen molar-refractivity contribution in [2.45, 2.75) is 43.3 Å². The van der Waals surface area contributed by atoms with Gasteiger partial charge in [-0.15, -0.1) is 0 Å². The van der Waals surface area contributed by atoms with E-state index in [1.165, 1.54) is 0 Å². The molecule has 0 radical (unpaired) electrons. The minimum atomic E-state index is -3.97. The van der Waals surface area contributed by atoms with Crippen molar-refractivity contribution in [2.24, 2.45) is 0 Å². The van der Waals surface area contributed by atoms with E-state index in [-0.39, 0.29) is 0 Å². The number of ether oxygens (including phenoxy) is 2. The van der Waals surface area contributed by atoms with Crippen molar-refractivity contribution >= 4 is 0 Å². The molecule has 8 heteroatoms. The van der Waals surface area contributed by atoms with Gasteiger partial charge in [-0.3, -0.25) is 0 Å². The molecule has 0 aromatic carbocycles. The van der Waals surface area contributed by atoms with Crippen LogP contribution in [0.4, 0.5) is 26.3 Å². The maximum atomic E-state index is 13.5. The van der Waals surface area contributed by atoms with Gasteiger partial charge in [0.1, 0.15) is 0 Å². The van der Waals surface area contributed by atoms with Crippen molar-refractivity contribution < 1.29 is 35.8 Å². The lowest BCUT2D eigenvalue weighted by Gasteiger charge is -2.33. The molecule has 0 bridgehead atoms. The quantitative estimate of drug-likeness (QED) is 0.624. The summed E-state index contributed by atoms with van der Waals surface area (Å²) < 4.78 is 87.0. The first kappa shape index (κ1) is 12.4. The van der Waals surface area contributed by atoms with Gasteiger partial charge in [-0.25, -0.2) is 17.6 Å². The molecule has 1 aliphatic heterocycles. The van der Waals surface area contributed by atoms with Crippen molar-refractivity contribution in [2.75, 3.05) is 0 Å². The van der Waals surface area contributed by atoms with Crippen LogP contribution in [-0.4, -0.2) is 23.0 Å². The Bertz CT molecular complexity index is 372. The van der Waals surface area contributed by atoms with Gasteiger partial charge in [0.05, 0.1) is 6.42 Å². The summed E-state index contributed by atoms with van der Waals surface area (Å²) in [5, 5.41) is 0. The van der Waals surface area contributed by atoms with Crippen LogP contribution < -0.4 is 0 Å². The zero-order valence-corrected chi connectivity index (χ0v) is 8.79. The Kier molecular flexibility index (Phi) is 2.07. The maximum absolute atomic E-state index is 13.5. The highest BCUT2D eigenvalue weighted by atomic mass is 19.3. The second kappa shape index (κ2) is 2.84. The predicted octanol–water partition coefficient (Wildman–Crippen LogP) is 3.29. The molecule has 2 nitrogen and oxygen atoms in total. The molecular formula is C9H8F6O2. The van der Waals surface area contributed by atoms with Crippen LogP contribution in [0.2, 0.25) is 0 Å². The monoisotopic (exact) mass is 262 g/mol. The van der Waals surface area contributed by atoms with Crippen molar-refractivity contribution in [3.63, 3.8) is 0 Å². The summed E-state index contributed by atoms with van der Waals surface area (Å²) >= 11 is 0. The minimum absolute atomic E-state index is 0.643. The first-order valence-electron chi connectivity index (χ1n) is 4.66. The molecule has 2 aliphatic rings. The lowest BCUT2D eigenvalue weighted by Crippen LogP contribution is -2.56. The molecule has 0 aromatic rings. The first-order chi connectivity index (χ1) is 7.47. The fourth-order valence-electron chi connectivity index (χ4n) is 2.13. The molecule has 0 spiro atoms. The molecule has 98 valence electrons. The van der Waals surface area contributed by atoms with E-state index in [9.17, 15) is 26.3 Å². The Morgan fingerprint density at radius 2 is 1.29 bits per heavy atom.